The van der Waals surface area contributed by atoms with Gasteiger partial charge in [-0.05, 0) is 31.4 Å². The van der Waals surface area contributed by atoms with Crippen LogP contribution in [0, 0.1) is 0 Å². The van der Waals surface area contributed by atoms with Crippen molar-refractivity contribution in [2.45, 2.75) is 31.9 Å². The van der Waals surface area contributed by atoms with Gasteiger partial charge in [0.05, 0.1) is 35.2 Å². The van der Waals surface area contributed by atoms with Gasteiger partial charge in [0.15, 0.2) is 0 Å². The molecule has 0 radical (unpaired) electrons. The average molecular weight is 335 g/mol. The number of aromatic nitrogens is 2. The molecule has 6 nitrogen and oxygen atoms in total. The zero-order valence-electron chi connectivity index (χ0n) is 12.7. The maximum Gasteiger partial charge on any atom is 0.323 e. The van der Waals surface area contributed by atoms with E-state index >= 15 is 0 Å². The molecular formula is C16H19ClN4O2. The summed E-state index contributed by atoms with van der Waals surface area (Å²) in [6, 6.07) is 6.73. The van der Waals surface area contributed by atoms with Crippen LogP contribution in [0.2, 0.25) is 5.02 Å². The minimum atomic E-state index is -0.355. The number of ether oxygens (including phenoxy) is 1. The van der Waals surface area contributed by atoms with Gasteiger partial charge in [-0.15, -0.1) is 0 Å². The van der Waals surface area contributed by atoms with E-state index in [2.05, 4.69) is 15.7 Å². The number of para-hydroxylation sites is 1. The van der Waals surface area contributed by atoms with Gasteiger partial charge in [-0.2, -0.15) is 5.10 Å². The third-order valence-electron chi connectivity index (χ3n) is 3.68. The third-order valence-corrected chi connectivity index (χ3v) is 4.01. The van der Waals surface area contributed by atoms with Gasteiger partial charge in [-0.3, -0.25) is 4.68 Å². The van der Waals surface area contributed by atoms with Crippen molar-refractivity contribution in [3.63, 3.8) is 0 Å². The van der Waals surface area contributed by atoms with Crippen LogP contribution in [-0.4, -0.2) is 28.5 Å². The van der Waals surface area contributed by atoms with Crippen LogP contribution in [0.5, 0.6) is 0 Å². The van der Waals surface area contributed by atoms with Crippen molar-refractivity contribution in [1.29, 1.82) is 0 Å². The van der Waals surface area contributed by atoms with E-state index in [-0.39, 0.29) is 12.1 Å². The summed E-state index contributed by atoms with van der Waals surface area (Å²) in [5.74, 6) is 0. The molecular weight excluding hydrogens is 316 g/mol. The van der Waals surface area contributed by atoms with Gasteiger partial charge in [0, 0.05) is 12.8 Å². The number of carbonyl (C=O) groups excluding carboxylic acids is 1. The third kappa shape index (κ3) is 4.46. The van der Waals surface area contributed by atoms with Crippen molar-refractivity contribution in [3.8, 4) is 0 Å². The highest BCUT2D eigenvalue weighted by Crippen LogP contribution is 2.20. The predicted octanol–water partition coefficient (Wildman–Crippen LogP) is 3.75. The van der Waals surface area contributed by atoms with Crippen LogP contribution in [0.4, 0.5) is 16.2 Å². The summed E-state index contributed by atoms with van der Waals surface area (Å²) >= 11 is 6.01. The van der Waals surface area contributed by atoms with Gasteiger partial charge in [0.25, 0.3) is 0 Å². The standard InChI is InChI=1S/C16H19ClN4O2/c17-14-6-1-2-7-15(14)20-16(22)19-12-9-18-21(10-12)11-13-5-3-4-8-23-13/h1-2,6-7,9-10,13H,3-5,8,11H2,(H2,19,20,22). The van der Waals surface area contributed by atoms with Gasteiger partial charge >= 0.3 is 6.03 Å². The highest BCUT2D eigenvalue weighted by atomic mass is 35.5. The molecule has 1 fully saturated rings. The first-order chi connectivity index (χ1) is 11.2. The van der Waals surface area contributed by atoms with Gasteiger partial charge in [0.1, 0.15) is 0 Å². The summed E-state index contributed by atoms with van der Waals surface area (Å²) in [5, 5.41) is 10.2. The molecule has 3 rings (SSSR count). The Bertz CT molecular complexity index is 668. The number of rotatable bonds is 4. The van der Waals surface area contributed by atoms with E-state index in [4.69, 9.17) is 16.3 Å². The largest absolute Gasteiger partial charge is 0.376 e. The molecule has 23 heavy (non-hydrogen) atoms. The molecule has 0 aliphatic carbocycles. The number of benzene rings is 1. The predicted molar refractivity (Wildman–Crippen MR) is 89.9 cm³/mol. The molecule has 2 amide bonds. The Morgan fingerprint density at radius 1 is 1.35 bits per heavy atom. The van der Waals surface area contributed by atoms with E-state index < -0.39 is 0 Å². The molecule has 122 valence electrons. The molecule has 1 aliphatic heterocycles. The molecule has 0 saturated carbocycles. The van der Waals surface area contributed by atoms with Gasteiger partial charge in [0.2, 0.25) is 0 Å². The summed E-state index contributed by atoms with van der Waals surface area (Å²) in [6.07, 6.45) is 6.99. The van der Waals surface area contributed by atoms with E-state index in [0.717, 1.165) is 19.4 Å². The van der Waals surface area contributed by atoms with Crippen LogP contribution >= 0.6 is 11.6 Å². The smallest absolute Gasteiger partial charge is 0.323 e. The molecule has 1 aromatic carbocycles. The number of amides is 2. The first kappa shape index (κ1) is 15.8. The van der Waals surface area contributed by atoms with Crippen molar-refractivity contribution in [2.75, 3.05) is 17.2 Å². The van der Waals surface area contributed by atoms with E-state index in [1.54, 1.807) is 29.2 Å². The minimum Gasteiger partial charge on any atom is -0.376 e. The fourth-order valence-electron chi connectivity index (χ4n) is 2.54. The average Bonchev–Trinajstić information content (AvgIpc) is 2.97. The molecule has 0 spiro atoms. The lowest BCUT2D eigenvalue weighted by atomic mass is 10.1. The number of hydrogen-bond acceptors (Lipinski definition) is 3. The second-order valence-electron chi connectivity index (χ2n) is 5.50. The molecule has 1 unspecified atom stereocenters. The number of nitrogens with one attached hydrogen (secondary N) is 2. The zero-order valence-corrected chi connectivity index (χ0v) is 13.4. The molecule has 2 heterocycles. The monoisotopic (exact) mass is 334 g/mol. The first-order valence-electron chi connectivity index (χ1n) is 7.67. The second-order valence-corrected chi connectivity index (χ2v) is 5.91. The minimum absolute atomic E-state index is 0.202. The highest BCUT2D eigenvalue weighted by molar-refractivity contribution is 6.33. The molecule has 1 aliphatic rings. The Balaban J connectivity index is 1.54. The highest BCUT2D eigenvalue weighted by Gasteiger charge is 2.15. The summed E-state index contributed by atoms with van der Waals surface area (Å²) < 4.78 is 7.48. The summed E-state index contributed by atoms with van der Waals surface area (Å²) in [4.78, 5) is 12.0. The van der Waals surface area contributed by atoms with Crippen LogP contribution in [0.25, 0.3) is 0 Å². The molecule has 1 saturated heterocycles. The fourth-order valence-corrected chi connectivity index (χ4v) is 2.72. The van der Waals surface area contributed by atoms with Crippen LogP contribution in [0.15, 0.2) is 36.7 Å². The van der Waals surface area contributed by atoms with Gasteiger partial charge < -0.3 is 15.4 Å². The number of hydrogen-bond donors (Lipinski definition) is 2. The molecule has 1 aromatic heterocycles. The molecule has 2 aromatic rings. The quantitative estimate of drug-likeness (QED) is 0.894. The van der Waals surface area contributed by atoms with Crippen LogP contribution in [-0.2, 0) is 11.3 Å². The Kier molecular flexibility index (Phi) is 5.15. The summed E-state index contributed by atoms with van der Waals surface area (Å²) in [6.45, 7) is 1.52. The molecule has 0 bridgehead atoms. The van der Waals surface area contributed by atoms with Crippen molar-refractivity contribution >= 4 is 29.0 Å². The normalized spacial score (nSPS) is 17.7. The lowest BCUT2D eigenvalue weighted by Gasteiger charge is -2.22. The Morgan fingerprint density at radius 3 is 3.00 bits per heavy atom. The SMILES string of the molecule is O=C(Nc1cnn(CC2CCCCO2)c1)Nc1ccccc1Cl. The van der Waals surface area contributed by atoms with Crippen molar-refractivity contribution < 1.29 is 9.53 Å². The maximum absolute atomic E-state index is 12.0. The first-order valence-corrected chi connectivity index (χ1v) is 8.05. The molecule has 1 atom stereocenters. The lowest BCUT2D eigenvalue weighted by Crippen LogP contribution is -2.24. The zero-order chi connectivity index (χ0) is 16.1. The van der Waals surface area contributed by atoms with Crippen molar-refractivity contribution in [3.05, 3.63) is 41.7 Å². The van der Waals surface area contributed by atoms with Gasteiger partial charge in [-0.25, -0.2) is 4.79 Å². The summed E-state index contributed by atoms with van der Waals surface area (Å²) in [5.41, 5.74) is 1.19. The van der Waals surface area contributed by atoms with Crippen LogP contribution in [0.1, 0.15) is 19.3 Å². The lowest BCUT2D eigenvalue weighted by molar-refractivity contribution is 0.00401. The van der Waals surface area contributed by atoms with E-state index in [1.807, 2.05) is 12.1 Å². The van der Waals surface area contributed by atoms with Crippen LogP contribution in [0.3, 0.4) is 0 Å². The Labute approximate surface area is 139 Å². The number of halogens is 1. The molecule has 2 N–H and O–H groups in total. The van der Waals surface area contributed by atoms with Gasteiger partial charge in [-0.1, -0.05) is 23.7 Å². The number of carbonyl (C=O) groups is 1. The van der Waals surface area contributed by atoms with E-state index in [1.165, 1.54) is 6.42 Å². The Hall–Kier alpha value is -2.05. The van der Waals surface area contributed by atoms with Crippen molar-refractivity contribution in [2.24, 2.45) is 0 Å². The number of anilines is 2. The second kappa shape index (κ2) is 7.48. The number of nitrogens with zero attached hydrogens (tertiary/aromatic N) is 2. The van der Waals surface area contributed by atoms with E-state index in [0.29, 0.717) is 22.9 Å². The molecule has 7 heteroatoms. The van der Waals surface area contributed by atoms with Crippen molar-refractivity contribution in [1.82, 2.24) is 9.78 Å². The fraction of sp³-hybridized carbons (Fsp3) is 0.375. The topological polar surface area (TPSA) is 68.2 Å². The summed E-state index contributed by atoms with van der Waals surface area (Å²) in [7, 11) is 0. The van der Waals surface area contributed by atoms with Crippen LogP contribution < -0.4 is 10.6 Å². The Morgan fingerprint density at radius 2 is 2.22 bits per heavy atom. The van der Waals surface area contributed by atoms with E-state index in [9.17, 15) is 4.79 Å². The maximum atomic E-state index is 12.0. The number of urea groups is 1.